The van der Waals surface area contributed by atoms with E-state index in [0.29, 0.717) is 0 Å². The number of aryl methyl sites for hydroxylation is 1. The van der Waals surface area contributed by atoms with E-state index in [4.69, 9.17) is 0 Å². The molecule has 0 bridgehead atoms. The van der Waals surface area contributed by atoms with E-state index in [-0.39, 0.29) is 0 Å². The van der Waals surface area contributed by atoms with E-state index in [1.165, 1.54) is 11.3 Å². The van der Waals surface area contributed by atoms with Gasteiger partial charge in [-0.3, -0.25) is 4.68 Å². The van der Waals surface area contributed by atoms with Gasteiger partial charge in [0.1, 0.15) is 0 Å². The third kappa shape index (κ3) is 2.30. The van der Waals surface area contributed by atoms with Crippen LogP contribution < -0.4 is 5.32 Å². The minimum Gasteiger partial charge on any atom is -0.356 e. The van der Waals surface area contributed by atoms with Crippen molar-refractivity contribution in [2.24, 2.45) is 7.05 Å². The van der Waals surface area contributed by atoms with Crippen molar-refractivity contribution in [2.45, 2.75) is 6.54 Å². The van der Waals surface area contributed by atoms with Crippen molar-refractivity contribution in [1.82, 2.24) is 20.0 Å². The maximum atomic E-state index is 4.07. The molecule has 2 rings (SSSR count). The van der Waals surface area contributed by atoms with E-state index < -0.39 is 0 Å². The van der Waals surface area contributed by atoms with Crippen molar-refractivity contribution in [1.29, 1.82) is 0 Å². The van der Waals surface area contributed by atoms with Crippen molar-refractivity contribution < 1.29 is 0 Å². The normalized spacial score (nSPS) is 10.4. The molecule has 0 spiro atoms. The molecule has 0 fully saturated rings. The number of hydrogen-bond acceptors (Lipinski definition) is 5. The molecule has 0 aliphatic heterocycles. The lowest BCUT2D eigenvalue weighted by atomic mass is 10.4. The van der Waals surface area contributed by atoms with E-state index in [0.717, 1.165) is 21.2 Å². The smallest absolute Gasteiger partial charge is 0.206 e. The quantitative estimate of drug-likeness (QED) is 0.924. The molecule has 5 nitrogen and oxygen atoms in total. The van der Waals surface area contributed by atoms with Crippen LogP contribution in [0, 0.1) is 0 Å². The van der Waals surface area contributed by atoms with Gasteiger partial charge in [-0.1, -0.05) is 11.3 Å². The van der Waals surface area contributed by atoms with Crippen molar-refractivity contribution in [3.63, 3.8) is 0 Å². The first kappa shape index (κ1) is 9.60. The molecule has 74 valence electrons. The van der Waals surface area contributed by atoms with Crippen LogP contribution in [0.15, 0.2) is 16.3 Å². The predicted molar refractivity (Wildman–Crippen MR) is 58.1 cm³/mol. The van der Waals surface area contributed by atoms with Gasteiger partial charge in [0, 0.05) is 25.4 Å². The van der Waals surface area contributed by atoms with E-state index in [9.17, 15) is 0 Å². The summed E-state index contributed by atoms with van der Waals surface area (Å²) in [5, 5.41) is 15.8. The van der Waals surface area contributed by atoms with Crippen LogP contribution in [-0.4, -0.2) is 20.0 Å². The van der Waals surface area contributed by atoms with E-state index >= 15 is 0 Å². The molecule has 0 aliphatic rings. The fourth-order valence-electron chi connectivity index (χ4n) is 1.02. The summed E-state index contributed by atoms with van der Waals surface area (Å²) in [7, 11) is 1.89. The molecular formula is C7H8BrN5S. The van der Waals surface area contributed by atoms with Crippen LogP contribution in [0.3, 0.4) is 0 Å². The summed E-state index contributed by atoms with van der Waals surface area (Å²) in [6, 6.07) is 0. The molecule has 1 N–H and O–H groups in total. The monoisotopic (exact) mass is 273 g/mol. The molecule has 14 heavy (non-hydrogen) atoms. The Balaban J connectivity index is 1.94. The van der Waals surface area contributed by atoms with Crippen LogP contribution >= 0.6 is 27.3 Å². The van der Waals surface area contributed by atoms with Crippen LogP contribution in [0.1, 0.15) is 5.56 Å². The highest BCUT2D eigenvalue weighted by Crippen LogP contribution is 2.20. The highest BCUT2D eigenvalue weighted by atomic mass is 79.9. The zero-order valence-electron chi connectivity index (χ0n) is 7.44. The topological polar surface area (TPSA) is 55.6 Å². The summed E-state index contributed by atoms with van der Waals surface area (Å²) in [5.41, 5.74) is 1.12. The predicted octanol–water partition coefficient (Wildman–Crippen LogP) is 1.65. The van der Waals surface area contributed by atoms with Gasteiger partial charge in [-0.05, 0) is 15.9 Å². The zero-order valence-corrected chi connectivity index (χ0v) is 9.84. The second kappa shape index (κ2) is 4.05. The van der Waals surface area contributed by atoms with Crippen molar-refractivity contribution in [2.75, 3.05) is 5.32 Å². The van der Waals surface area contributed by atoms with E-state index in [1.54, 1.807) is 4.68 Å². The van der Waals surface area contributed by atoms with E-state index in [1.807, 2.05) is 19.4 Å². The Morgan fingerprint density at radius 1 is 1.57 bits per heavy atom. The fourth-order valence-corrected chi connectivity index (χ4v) is 2.02. The number of hydrogen-bond donors (Lipinski definition) is 1. The van der Waals surface area contributed by atoms with Gasteiger partial charge < -0.3 is 5.32 Å². The summed E-state index contributed by atoms with van der Waals surface area (Å²) in [5.74, 6) is 0. The molecule has 0 aromatic carbocycles. The Kier molecular flexibility index (Phi) is 2.78. The molecule has 0 amide bonds. The number of anilines is 1. The zero-order chi connectivity index (χ0) is 9.97. The Morgan fingerprint density at radius 3 is 3.00 bits per heavy atom. The van der Waals surface area contributed by atoms with Crippen LogP contribution in [-0.2, 0) is 13.6 Å². The number of aromatic nitrogens is 4. The largest absolute Gasteiger partial charge is 0.356 e. The second-order valence-electron chi connectivity index (χ2n) is 2.74. The summed E-state index contributed by atoms with van der Waals surface area (Å²) in [4.78, 5) is 0. The minimum atomic E-state index is 0.718. The first-order valence-electron chi connectivity index (χ1n) is 3.94. The Hall–Kier alpha value is -0.950. The Bertz CT molecular complexity index is 383. The summed E-state index contributed by atoms with van der Waals surface area (Å²) in [6.07, 6.45) is 3.78. The SMILES string of the molecule is Cn1cc(CNc2nnc(Br)s2)cn1. The van der Waals surface area contributed by atoms with Crippen molar-refractivity contribution in [3.8, 4) is 0 Å². The molecular weight excluding hydrogens is 266 g/mol. The van der Waals surface area contributed by atoms with Gasteiger partial charge in [0.25, 0.3) is 0 Å². The summed E-state index contributed by atoms with van der Waals surface area (Å²) < 4.78 is 2.55. The first-order valence-corrected chi connectivity index (χ1v) is 5.55. The Morgan fingerprint density at radius 2 is 2.43 bits per heavy atom. The van der Waals surface area contributed by atoms with Crippen LogP contribution in [0.5, 0.6) is 0 Å². The number of nitrogens with one attached hydrogen (secondary N) is 1. The van der Waals surface area contributed by atoms with Gasteiger partial charge >= 0.3 is 0 Å². The lowest BCUT2D eigenvalue weighted by molar-refractivity contribution is 0.767. The molecule has 0 unspecified atom stereocenters. The molecule has 0 aliphatic carbocycles. The number of rotatable bonds is 3. The lowest BCUT2D eigenvalue weighted by Crippen LogP contribution is -1.97. The minimum absolute atomic E-state index is 0.718. The first-order chi connectivity index (χ1) is 6.74. The molecule has 0 radical (unpaired) electrons. The van der Waals surface area contributed by atoms with Gasteiger partial charge in [0.15, 0.2) is 3.92 Å². The molecule has 0 atom stereocenters. The highest BCUT2D eigenvalue weighted by Gasteiger charge is 2.01. The van der Waals surface area contributed by atoms with E-state index in [2.05, 4.69) is 36.5 Å². The number of nitrogens with zero attached hydrogens (tertiary/aromatic N) is 4. The van der Waals surface area contributed by atoms with Crippen LogP contribution in [0.4, 0.5) is 5.13 Å². The third-order valence-electron chi connectivity index (χ3n) is 1.60. The number of halogens is 1. The van der Waals surface area contributed by atoms with Crippen molar-refractivity contribution >= 4 is 32.4 Å². The molecule has 2 aromatic heterocycles. The fraction of sp³-hybridized carbons (Fsp3) is 0.286. The van der Waals surface area contributed by atoms with Crippen LogP contribution in [0.25, 0.3) is 0 Å². The van der Waals surface area contributed by atoms with Gasteiger partial charge in [0.05, 0.1) is 6.20 Å². The highest BCUT2D eigenvalue weighted by molar-refractivity contribution is 9.11. The summed E-state index contributed by atoms with van der Waals surface area (Å²) in [6.45, 7) is 0.718. The molecule has 0 saturated carbocycles. The van der Waals surface area contributed by atoms with Gasteiger partial charge in [-0.25, -0.2) is 0 Å². The van der Waals surface area contributed by atoms with Crippen LogP contribution in [0.2, 0.25) is 0 Å². The second-order valence-corrected chi connectivity index (χ2v) is 4.99. The molecule has 0 saturated heterocycles. The lowest BCUT2D eigenvalue weighted by Gasteiger charge is -1.96. The van der Waals surface area contributed by atoms with Gasteiger partial charge in [-0.15, -0.1) is 10.2 Å². The molecule has 2 heterocycles. The Labute approximate surface area is 93.3 Å². The van der Waals surface area contributed by atoms with Gasteiger partial charge in [0.2, 0.25) is 5.13 Å². The standard InChI is InChI=1S/C7H8BrN5S/c1-13-4-5(3-10-13)2-9-7-12-11-6(8)14-7/h3-4H,2H2,1H3,(H,9,12). The molecule has 7 heteroatoms. The average molecular weight is 274 g/mol. The third-order valence-corrected chi connectivity index (χ3v) is 2.92. The maximum Gasteiger partial charge on any atom is 0.206 e. The average Bonchev–Trinajstić information content (AvgIpc) is 2.72. The molecule has 2 aromatic rings. The summed E-state index contributed by atoms with van der Waals surface area (Å²) >= 11 is 4.72. The van der Waals surface area contributed by atoms with Gasteiger partial charge in [-0.2, -0.15) is 5.10 Å². The van der Waals surface area contributed by atoms with Crippen molar-refractivity contribution in [3.05, 3.63) is 21.9 Å². The maximum absolute atomic E-state index is 4.07.